The molecule has 0 aliphatic rings. The Labute approximate surface area is 110 Å². The highest BCUT2D eigenvalue weighted by molar-refractivity contribution is 7.09. The van der Waals surface area contributed by atoms with Crippen LogP contribution in [0.25, 0.3) is 0 Å². The zero-order valence-corrected chi connectivity index (χ0v) is 11.5. The van der Waals surface area contributed by atoms with Crippen molar-refractivity contribution in [1.29, 1.82) is 0 Å². The standard InChI is InChI=1S/C13H16N2O2S/c1-8-15-11(7-18-8)13(14)10-5-4-9(16-2)6-12(10)17-3/h4-7,13H,14H2,1-3H3. The first-order valence-electron chi connectivity index (χ1n) is 5.55. The van der Waals surface area contributed by atoms with Crippen molar-refractivity contribution in [1.82, 2.24) is 4.98 Å². The van der Waals surface area contributed by atoms with Crippen LogP contribution in [0, 0.1) is 6.92 Å². The van der Waals surface area contributed by atoms with Crippen LogP contribution in [0.5, 0.6) is 11.5 Å². The van der Waals surface area contributed by atoms with Crippen molar-refractivity contribution in [2.45, 2.75) is 13.0 Å². The molecule has 2 rings (SSSR count). The van der Waals surface area contributed by atoms with Gasteiger partial charge in [-0.15, -0.1) is 11.3 Å². The maximum atomic E-state index is 6.22. The molecule has 0 saturated heterocycles. The van der Waals surface area contributed by atoms with Gasteiger partial charge in [-0.1, -0.05) is 0 Å². The maximum absolute atomic E-state index is 6.22. The molecule has 1 atom stereocenters. The Bertz CT molecular complexity index is 540. The quantitative estimate of drug-likeness (QED) is 0.922. The number of aryl methyl sites for hydroxylation is 1. The van der Waals surface area contributed by atoms with E-state index in [1.165, 1.54) is 0 Å². The van der Waals surface area contributed by atoms with E-state index in [4.69, 9.17) is 15.2 Å². The summed E-state index contributed by atoms with van der Waals surface area (Å²) in [5.74, 6) is 1.46. The Hall–Kier alpha value is -1.59. The van der Waals surface area contributed by atoms with Gasteiger partial charge in [-0.2, -0.15) is 0 Å². The first kappa shape index (κ1) is 12.9. The van der Waals surface area contributed by atoms with Crippen LogP contribution in [-0.2, 0) is 0 Å². The summed E-state index contributed by atoms with van der Waals surface area (Å²) in [6.07, 6.45) is 0. The molecule has 0 amide bonds. The Morgan fingerprint density at radius 2 is 2.06 bits per heavy atom. The highest BCUT2D eigenvalue weighted by Crippen LogP contribution is 2.31. The molecule has 1 aromatic heterocycles. The minimum atomic E-state index is -0.282. The largest absolute Gasteiger partial charge is 0.497 e. The molecule has 4 nitrogen and oxygen atoms in total. The molecular formula is C13H16N2O2S. The average molecular weight is 264 g/mol. The van der Waals surface area contributed by atoms with Crippen molar-refractivity contribution < 1.29 is 9.47 Å². The molecule has 0 fully saturated rings. The topological polar surface area (TPSA) is 57.4 Å². The summed E-state index contributed by atoms with van der Waals surface area (Å²) in [6, 6.07) is 5.33. The van der Waals surface area contributed by atoms with Crippen LogP contribution in [0.1, 0.15) is 22.3 Å². The van der Waals surface area contributed by atoms with Crippen LogP contribution in [0.2, 0.25) is 0 Å². The Balaban J connectivity index is 2.38. The first-order valence-corrected chi connectivity index (χ1v) is 6.43. The summed E-state index contributed by atoms with van der Waals surface area (Å²) in [5.41, 5.74) is 7.99. The molecule has 18 heavy (non-hydrogen) atoms. The van der Waals surface area contributed by atoms with Gasteiger partial charge in [-0.25, -0.2) is 4.98 Å². The minimum Gasteiger partial charge on any atom is -0.497 e. The number of nitrogens with zero attached hydrogens (tertiary/aromatic N) is 1. The number of thiazole rings is 1. The second-order valence-electron chi connectivity index (χ2n) is 3.88. The van der Waals surface area contributed by atoms with Gasteiger partial charge in [0, 0.05) is 17.0 Å². The zero-order valence-electron chi connectivity index (χ0n) is 10.6. The van der Waals surface area contributed by atoms with E-state index in [1.54, 1.807) is 25.6 Å². The number of methoxy groups -OCH3 is 2. The van der Waals surface area contributed by atoms with Crippen LogP contribution >= 0.6 is 11.3 Å². The van der Waals surface area contributed by atoms with Gasteiger partial charge in [0.2, 0.25) is 0 Å². The molecule has 2 aromatic rings. The number of nitrogens with two attached hydrogens (primary N) is 1. The summed E-state index contributed by atoms with van der Waals surface area (Å²) in [6.45, 7) is 1.96. The summed E-state index contributed by atoms with van der Waals surface area (Å²) in [5, 5.41) is 2.98. The molecule has 0 spiro atoms. The number of benzene rings is 1. The number of hydrogen-bond acceptors (Lipinski definition) is 5. The van der Waals surface area contributed by atoms with Gasteiger partial charge in [-0.3, -0.25) is 0 Å². The number of rotatable bonds is 4. The summed E-state index contributed by atoms with van der Waals surface area (Å²) >= 11 is 1.59. The van der Waals surface area contributed by atoms with E-state index in [2.05, 4.69) is 4.98 Å². The average Bonchev–Trinajstić information content (AvgIpc) is 2.83. The van der Waals surface area contributed by atoms with Crippen molar-refractivity contribution in [3.63, 3.8) is 0 Å². The van der Waals surface area contributed by atoms with Crippen molar-refractivity contribution in [3.8, 4) is 11.5 Å². The predicted octanol–water partition coefficient (Wildman–Crippen LogP) is 2.52. The van der Waals surface area contributed by atoms with Gasteiger partial charge in [0.05, 0.1) is 31.0 Å². The SMILES string of the molecule is COc1ccc(C(N)c2csc(C)n2)c(OC)c1. The Morgan fingerprint density at radius 1 is 1.28 bits per heavy atom. The molecule has 5 heteroatoms. The van der Waals surface area contributed by atoms with E-state index in [0.717, 1.165) is 22.0 Å². The van der Waals surface area contributed by atoms with Crippen molar-refractivity contribution in [2.24, 2.45) is 5.73 Å². The van der Waals surface area contributed by atoms with Crippen molar-refractivity contribution >= 4 is 11.3 Å². The van der Waals surface area contributed by atoms with E-state index < -0.39 is 0 Å². The molecule has 1 aromatic carbocycles. The lowest BCUT2D eigenvalue weighted by atomic mass is 10.0. The van der Waals surface area contributed by atoms with Gasteiger partial charge < -0.3 is 15.2 Å². The van der Waals surface area contributed by atoms with Gasteiger partial charge >= 0.3 is 0 Å². The predicted molar refractivity (Wildman–Crippen MR) is 72.4 cm³/mol. The van der Waals surface area contributed by atoms with Crippen LogP contribution < -0.4 is 15.2 Å². The molecule has 2 N–H and O–H groups in total. The van der Waals surface area contributed by atoms with Gasteiger partial charge in [0.15, 0.2) is 0 Å². The van der Waals surface area contributed by atoms with E-state index in [1.807, 2.05) is 30.5 Å². The Morgan fingerprint density at radius 3 is 2.61 bits per heavy atom. The van der Waals surface area contributed by atoms with E-state index in [-0.39, 0.29) is 6.04 Å². The molecule has 1 heterocycles. The van der Waals surface area contributed by atoms with Crippen molar-refractivity contribution in [3.05, 3.63) is 39.8 Å². The van der Waals surface area contributed by atoms with E-state index in [0.29, 0.717) is 5.75 Å². The number of aromatic nitrogens is 1. The molecule has 0 aliphatic carbocycles. The van der Waals surface area contributed by atoms with E-state index in [9.17, 15) is 0 Å². The fourth-order valence-corrected chi connectivity index (χ4v) is 2.41. The minimum absolute atomic E-state index is 0.282. The molecule has 0 bridgehead atoms. The lowest BCUT2D eigenvalue weighted by Gasteiger charge is -2.15. The second kappa shape index (κ2) is 5.37. The third-order valence-electron chi connectivity index (χ3n) is 2.73. The van der Waals surface area contributed by atoms with Gasteiger partial charge in [0.1, 0.15) is 11.5 Å². The third kappa shape index (κ3) is 2.47. The normalized spacial score (nSPS) is 12.2. The fraction of sp³-hybridized carbons (Fsp3) is 0.308. The summed E-state index contributed by atoms with van der Waals surface area (Å²) in [4.78, 5) is 4.41. The molecule has 0 aliphatic heterocycles. The van der Waals surface area contributed by atoms with Crippen LogP contribution in [0.3, 0.4) is 0 Å². The molecule has 0 radical (unpaired) electrons. The molecule has 0 saturated carbocycles. The van der Waals surface area contributed by atoms with Gasteiger partial charge in [0.25, 0.3) is 0 Å². The fourth-order valence-electron chi connectivity index (χ4n) is 1.76. The lowest BCUT2D eigenvalue weighted by Crippen LogP contribution is -2.13. The third-order valence-corrected chi connectivity index (χ3v) is 3.52. The highest BCUT2D eigenvalue weighted by Gasteiger charge is 2.17. The number of hydrogen-bond donors (Lipinski definition) is 1. The maximum Gasteiger partial charge on any atom is 0.127 e. The zero-order chi connectivity index (χ0) is 13.1. The number of ether oxygens (including phenoxy) is 2. The monoisotopic (exact) mass is 264 g/mol. The highest BCUT2D eigenvalue weighted by atomic mass is 32.1. The summed E-state index contributed by atoms with van der Waals surface area (Å²) in [7, 11) is 3.25. The summed E-state index contributed by atoms with van der Waals surface area (Å²) < 4.78 is 10.5. The van der Waals surface area contributed by atoms with Crippen LogP contribution in [0.15, 0.2) is 23.6 Å². The molecular weight excluding hydrogens is 248 g/mol. The molecule has 1 unspecified atom stereocenters. The van der Waals surface area contributed by atoms with Gasteiger partial charge in [-0.05, 0) is 19.1 Å². The first-order chi connectivity index (χ1) is 8.65. The van der Waals surface area contributed by atoms with Crippen molar-refractivity contribution in [2.75, 3.05) is 14.2 Å². The Kier molecular flexibility index (Phi) is 3.84. The lowest BCUT2D eigenvalue weighted by molar-refractivity contribution is 0.389. The van der Waals surface area contributed by atoms with Crippen LogP contribution in [-0.4, -0.2) is 19.2 Å². The van der Waals surface area contributed by atoms with Crippen LogP contribution in [0.4, 0.5) is 0 Å². The molecule has 96 valence electrons. The second-order valence-corrected chi connectivity index (χ2v) is 4.94. The van der Waals surface area contributed by atoms with E-state index >= 15 is 0 Å². The smallest absolute Gasteiger partial charge is 0.127 e.